The molecule has 0 fully saturated rings. The van der Waals surface area contributed by atoms with Gasteiger partial charge < -0.3 is 4.57 Å². The second kappa shape index (κ2) is 8.10. The molecule has 0 aliphatic rings. The van der Waals surface area contributed by atoms with Gasteiger partial charge in [0.05, 0.1) is 11.6 Å². The van der Waals surface area contributed by atoms with Crippen molar-refractivity contribution >= 4 is 0 Å². The fourth-order valence-electron chi connectivity index (χ4n) is 1.73. The van der Waals surface area contributed by atoms with Crippen LogP contribution in [0.5, 0.6) is 0 Å². The molecular weight excluding hydrogens is 234 g/mol. The maximum Gasteiger partial charge on any atom is 0.139 e. The molecule has 0 radical (unpaired) electrons. The fraction of sp³-hybridized carbons (Fsp3) is 0.375. The van der Waals surface area contributed by atoms with Crippen molar-refractivity contribution in [2.24, 2.45) is 7.05 Å². The summed E-state index contributed by atoms with van der Waals surface area (Å²) in [5, 5.41) is 8.75. The zero-order chi connectivity index (χ0) is 14.1. The van der Waals surface area contributed by atoms with E-state index in [1.165, 1.54) is 19.3 Å². The summed E-state index contributed by atoms with van der Waals surface area (Å²) in [6, 6.07) is 9.54. The Morgan fingerprint density at radius 2 is 2.00 bits per heavy atom. The first-order valence-corrected chi connectivity index (χ1v) is 6.70. The summed E-state index contributed by atoms with van der Waals surface area (Å²) in [4.78, 5) is 4.21. The van der Waals surface area contributed by atoms with Crippen LogP contribution in [0, 0.1) is 11.3 Å². The lowest BCUT2D eigenvalue weighted by Gasteiger charge is -2.01. The molecule has 0 unspecified atom stereocenters. The molecule has 0 saturated carbocycles. The zero-order valence-electron chi connectivity index (χ0n) is 11.9. The van der Waals surface area contributed by atoms with Crippen LogP contribution in [0.1, 0.15) is 38.7 Å². The Kier molecular flexibility index (Phi) is 6.38. The largest absolute Gasteiger partial charge is 0.334 e. The van der Waals surface area contributed by atoms with E-state index in [4.69, 9.17) is 5.26 Å². The topological polar surface area (TPSA) is 41.6 Å². The number of nitrogens with zero attached hydrogens (tertiary/aromatic N) is 3. The predicted octanol–water partition coefficient (Wildman–Crippen LogP) is 4.16. The minimum absolute atomic E-state index is 0.658. The van der Waals surface area contributed by atoms with E-state index in [0.29, 0.717) is 5.56 Å². The number of benzene rings is 1. The fourth-order valence-corrected chi connectivity index (χ4v) is 1.73. The van der Waals surface area contributed by atoms with E-state index >= 15 is 0 Å². The molecule has 0 saturated heterocycles. The minimum Gasteiger partial charge on any atom is -0.334 e. The van der Waals surface area contributed by atoms with Crippen molar-refractivity contribution in [3.63, 3.8) is 0 Å². The number of aromatic nitrogens is 2. The summed E-state index contributed by atoms with van der Waals surface area (Å²) in [5.41, 5.74) is 1.63. The van der Waals surface area contributed by atoms with Crippen LogP contribution < -0.4 is 0 Å². The number of imidazole rings is 1. The standard InChI is InChI=1S/C11H9N3.C5H12/c1-14-6-5-13-11(14)10-4-2-3-9(7-10)8-12;1-3-5-4-2/h2-7H,1H3;3-5H2,1-2H3. The van der Waals surface area contributed by atoms with E-state index in [2.05, 4.69) is 24.9 Å². The number of unbranched alkanes of at least 4 members (excludes halogenated alkanes) is 2. The van der Waals surface area contributed by atoms with Gasteiger partial charge in [0.15, 0.2) is 0 Å². The summed E-state index contributed by atoms with van der Waals surface area (Å²) in [6.45, 7) is 4.42. The average Bonchev–Trinajstić information content (AvgIpc) is 2.87. The van der Waals surface area contributed by atoms with Crippen LogP contribution in [0.3, 0.4) is 0 Å². The molecule has 2 rings (SSSR count). The molecule has 0 spiro atoms. The number of aryl methyl sites for hydroxylation is 1. The summed E-state index contributed by atoms with van der Waals surface area (Å²) in [6.07, 6.45) is 7.70. The third-order valence-electron chi connectivity index (χ3n) is 2.78. The van der Waals surface area contributed by atoms with Gasteiger partial charge in [-0.05, 0) is 12.1 Å². The molecule has 19 heavy (non-hydrogen) atoms. The monoisotopic (exact) mass is 255 g/mol. The van der Waals surface area contributed by atoms with Gasteiger partial charge in [-0.25, -0.2) is 4.98 Å². The molecular formula is C16H21N3. The molecule has 100 valence electrons. The van der Waals surface area contributed by atoms with Gasteiger partial charge >= 0.3 is 0 Å². The van der Waals surface area contributed by atoms with Crippen molar-refractivity contribution in [3.8, 4) is 17.5 Å². The van der Waals surface area contributed by atoms with Gasteiger partial charge in [0.1, 0.15) is 5.82 Å². The Morgan fingerprint density at radius 3 is 2.47 bits per heavy atom. The summed E-state index contributed by atoms with van der Waals surface area (Å²) in [5.74, 6) is 0.877. The molecule has 0 aliphatic heterocycles. The molecule has 0 amide bonds. The molecule has 1 aromatic heterocycles. The second-order valence-electron chi connectivity index (χ2n) is 4.41. The van der Waals surface area contributed by atoms with E-state index in [-0.39, 0.29) is 0 Å². The molecule has 0 bridgehead atoms. The molecule has 3 nitrogen and oxygen atoms in total. The number of hydrogen-bond donors (Lipinski definition) is 0. The van der Waals surface area contributed by atoms with Gasteiger partial charge in [-0.3, -0.25) is 0 Å². The third-order valence-corrected chi connectivity index (χ3v) is 2.78. The first-order valence-electron chi connectivity index (χ1n) is 6.70. The van der Waals surface area contributed by atoms with E-state index in [0.717, 1.165) is 11.4 Å². The van der Waals surface area contributed by atoms with E-state index in [1.54, 1.807) is 12.3 Å². The predicted molar refractivity (Wildman–Crippen MR) is 78.6 cm³/mol. The van der Waals surface area contributed by atoms with Gasteiger partial charge in [-0.15, -0.1) is 0 Å². The first kappa shape index (κ1) is 15.0. The molecule has 1 heterocycles. The number of hydrogen-bond acceptors (Lipinski definition) is 2. The van der Waals surface area contributed by atoms with Crippen molar-refractivity contribution in [1.82, 2.24) is 9.55 Å². The van der Waals surface area contributed by atoms with Crippen molar-refractivity contribution in [2.75, 3.05) is 0 Å². The van der Waals surface area contributed by atoms with Gasteiger partial charge in [-0.1, -0.05) is 45.2 Å². The Morgan fingerprint density at radius 1 is 1.26 bits per heavy atom. The van der Waals surface area contributed by atoms with Crippen LogP contribution >= 0.6 is 0 Å². The number of rotatable bonds is 3. The minimum atomic E-state index is 0.658. The highest BCUT2D eigenvalue weighted by molar-refractivity contribution is 5.58. The van der Waals surface area contributed by atoms with Crippen molar-refractivity contribution in [1.29, 1.82) is 5.26 Å². The molecule has 1 aromatic carbocycles. The highest BCUT2D eigenvalue weighted by atomic mass is 15.0. The third kappa shape index (κ3) is 4.59. The normalized spacial score (nSPS) is 9.37. The highest BCUT2D eigenvalue weighted by Crippen LogP contribution is 2.17. The van der Waals surface area contributed by atoms with Crippen LogP contribution in [-0.4, -0.2) is 9.55 Å². The molecule has 0 N–H and O–H groups in total. The summed E-state index contributed by atoms with van der Waals surface area (Å²) >= 11 is 0. The summed E-state index contributed by atoms with van der Waals surface area (Å²) in [7, 11) is 1.93. The van der Waals surface area contributed by atoms with Crippen LogP contribution in [0.15, 0.2) is 36.7 Å². The van der Waals surface area contributed by atoms with Crippen LogP contribution in [0.2, 0.25) is 0 Å². The maximum atomic E-state index is 8.75. The molecule has 2 aromatic rings. The lowest BCUT2D eigenvalue weighted by atomic mass is 10.1. The van der Waals surface area contributed by atoms with Gasteiger partial charge in [0.2, 0.25) is 0 Å². The van der Waals surface area contributed by atoms with Crippen molar-refractivity contribution in [3.05, 3.63) is 42.2 Å². The zero-order valence-corrected chi connectivity index (χ0v) is 11.9. The van der Waals surface area contributed by atoms with Gasteiger partial charge in [-0.2, -0.15) is 5.26 Å². The first-order chi connectivity index (χ1) is 9.22. The van der Waals surface area contributed by atoms with Crippen LogP contribution in [-0.2, 0) is 7.05 Å². The molecule has 0 aliphatic carbocycles. The summed E-state index contributed by atoms with van der Waals surface area (Å²) < 4.78 is 1.93. The Labute approximate surface area is 115 Å². The van der Waals surface area contributed by atoms with E-state index in [1.807, 2.05) is 36.0 Å². The van der Waals surface area contributed by atoms with Crippen LogP contribution in [0.4, 0.5) is 0 Å². The van der Waals surface area contributed by atoms with Crippen LogP contribution in [0.25, 0.3) is 11.4 Å². The number of nitriles is 1. The smallest absolute Gasteiger partial charge is 0.139 e. The van der Waals surface area contributed by atoms with E-state index in [9.17, 15) is 0 Å². The maximum absolute atomic E-state index is 8.75. The lowest BCUT2D eigenvalue weighted by molar-refractivity contribution is 0.772. The molecule has 0 atom stereocenters. The Bertz CT molecular complexity index is 533. The SMILES string of the molecule is CCCCC.Cn1ccnc1-c1cccc(C#N)c1. The Balaban J connectivity index is 0.000000312. The second-order valence-corrected chi connectivity index (χ2v) is 4.41. The molecule has 3 heteroatoms. The highest BCUT2D eigenvalue weighted by Gasteiger charge is 2.02. The quantitative estimate of drug-likeness (QED) is 0.826. The van der Waals surface area contributed by atoms with Gasteiger partial charge in [0, 0.05) is 25.0 Å². The average molecular weight is 255 g/mol. The lowest BCUT2D eigenvalue weighted by Crippen LogP contribution is -1.91. The van der Waals surface area contributed by atoms with E-state index < -0.39 is 0 Å². The van der Waals surface area contributed by atoms with Crippen molar-refractivity contribution in [2.45, 2.75) is 33.1 Å². The van der Waals surface area contributed by atoms with Crippen molar-refractivity contribution < 1.29 is 0 Å². The Hall–Kier alpha value is -2.08. The van der Waals surface area contributed by atoms with Gasteiger partial charge in [0.25, 0.3) is 0 Å².